The molecule has 0 spiro atoms. The van der Waals surface area contributed by atoms with Crippen LogP contribution in [0.1, 0.15) is 51.9 Å². The second-order valence-electron chi connectivity index (χ2n) is 7.95. The van der Waals surface area contributed by atoms with Crippen molar-refractivity contribution in [2.75, 3.05) is 6.54 Å². The Morgan fingerprint density at radius 2 is 1.93 bits per heavy atom. The molecule has 0 aliphatic carbocycles. The summed E-state index contributed by atoms with van der Waals surface area (Å²) in [6.45, 7) is 9.15. The molecule has 0 radical (unpaired) electrons. The summed E-state index contributed by atoms with van der Waals surface area (Å²) in [5, 5.41) is 2.72. The third-order valence-electron chi connectivity index (χ3n) is 4.86. The lowest BCUT2D eigenvalue weighted by molar-refractivity contribution is 0.0918. The van der Waals surface area contributed by atoms with Crippen molar-refractivity contribution in [3.05, 3.63) is 81.2 Å². The van der Waals surface area contributed by atoms with Crippen molar-refractivity contribution < 1.29 is 13.6 Å². The fourth-order valence-electron chi connectivity index (χ4n) is 3.15. The number of carbonyl (C=O) groups excluding carboxylic acids is 1. The van der Waals surface area contributed by atoms with Gasteiger partial charge in [0.05, 0.1) is 6.54 Å². The molecular weight excluding hydrogens is 399 g/mol. The highest BCUT2D eigenvalue weighted by Crippen LogP contribution is 2.20. The van der Waals surface area contributed by atoms with Gasteiger partial charge in [-0.05, 0) is 56.1 Å². The number of hydrogen-bond donors (Lipinski definition) is 1. The van der Waals surface area contributed by atoms with E-state index in [1.54, 1.807) is 24.3 Å². The Bertz CT molecular complexity index is 964. The van der Waals surface area contributed by atoms with E-state index >= 15 is 0 Å². The average Bonchev–Trinajstić information content (AvgIpc) is 3.34. The highest BCUT2D eigenvalue weighted by atomic mass is 32.1. The van der Waals surface area contributed by atoms with Crippen molar-refractivity contribution in [1.29, 1.82) is 0 Å². The number of nitrogens with one attached hydrogen (secondary N) is 1. The molecule has 3 rings (SSSR count). The molecule has 4 nitrogen and oxygen atoms in total. The first-order valence-electron chi connectivity index (χ1n) is 10.3. The van der Waals surface area contributed by atoms with Crippen LogP contribution in [-0.4, -0.2) is 17.4 Å². The number of halogens is 1. The van der Waals surface area contributed by atoms with Crippen molar-refractivity contribution in [1.82, 2.24) is 10.2 Å². The fraction of sp³-hybridized carbons (Fsp3) is 0.375. The molecule has 0 bridgehead atoms. The van der Waals surface area contributed by atoms with Crippen LogP contribution in [-0.2, 0) is 19.6 Å². The predicted molar refractivity (Wildman–Crippen MR) is 119 cm³/mol. The van der Waals surface area contributed by atoms with E-state index in [-0.39, 0.29) is 24.0 Å². The maximum Gasteiger partial charge on any atom is 0.287 e. The number of carbonyl (C=O) groups is 1. The third-order valence-corrected chi connectivity index (χ3v) is 5.85. The molecule has 0 atom stereocenters. The molecule has 6 heteroatoms. The zero-order chi connectivity index (χ0) is 21.5. The Morgan fingerprint density at radius 3 is 2.63 bits per heavy atom. The number of benzene rings is 1. The summed E-state index contributed by atoms with van der Waals surface area (Å²) in [7, 11) is 0. The maximum atomic E-state index is 13.7. The van der Waals surface area contributed by atoms with E-state index in [0.29, 0.717) is 18.0 Å². The molecule has 0 saturated heterocycles. The van der Waals surface area contributed by atoms with E-state index in [2.05, 4.69) is 43.1 Å². The van der Waals surface area contributed by atoms with Crippen LogP contribution in [0.2, 0.25) is 0 Å². The summed E-state index contributed by atoms with van der Waals surface area (Å²) < 4.78 is 19.5. The Balaban J connectivity index is 1.60. The maximum absolute atomic E-state index is 13.7. The lowest BCUT2D eigenvalue weighted by Gasteiger charge is -2.21. The Kier molecular flexibility index (Phi) is 7.82. The summed E-state index contributed by atoms with van der Waals surface area (Å²) in [5.41, 5.74) is 0.448. The van der Waals surface area contributed by atoms with Crippen LogP contribution in [0.5, 0.6) is 0 Å². The molecule has 3 aromatic rings. The fourth-order valence-corrected chi connectivity index (χ4v) is 4.09. The van der Waals surface area contributed by atoms with Crippen molar-refractivity contribution in [2.45, 2.75) is 46.8 Å². The summed E-state index contributed by atoms with van der Waals surface area (Å²) in [6, 6.07) is 14.3. The summed E-state index contributed by atoms with van der Waals surface area (Å²) in [6.07, 6.45) is 1.10. The molecule has 160 valence electrons. The molecule has 0 aliphatic rings. The average molecular weight is 429 g/mol. The standard InChI is InChI=1S/C24H29FN2O2S/c1-17(2)12-13-27(16-21-10-8-18(3)30-21)15-20-9-11-23(29-20)24(28)26-14-19-6-4-5-7-22(19)25/h4-11,17H,12-16H2,1-3H3,(H,26,28). The Morgan fingerprint density at radius 1 is 1.13 bits per heavy atom. The van der Waals surface area contributed by atoms with Gasteiger partial charge in [-0.15, -0.1) is 11.3 Å². The molecule has 1 aromatic carbocycles. The minimum Gasteiger partial charge on any atom is -0.455 e. The normalized spacial score (nSPS) is 11.4. The summed E-state index contributed by atoms with van der Waals surface area (Å²) in [5.74, 6) is 0.948. The number of furan rings is 1. The van der Waals surface area contributed by atoms with Crippen LogP contribution < -0.4 is 5.32 Å². The smallest absolute Gasteiger partial charge is 0.287 e. The van der Waals surface area contributed by atoms with Crippen LogP contribution in [0.3, 0.4) is 0 Å². The van der Waals surface area contributed by atoms with Crippen LogP contribution >= 0.6 is 11.3 Å². The van der Waals surface area contributed by atoms with Gasteiger partial charge in [0.15, 0.2) is 5.76 Å². The highest BCUT2D eigenvalue weighted by molar-refractivity contribution is 7.11. The van der Waals surface area contributed by atoms with Gasteiger partial charge < -0.3 is 9.73 Å². The van der Waals surface area contributed by atoms with Crippen molar-refractivity contribution in [3.63, 3.8) is 0 Å². The van der Waals surface area contributed by atoms with Crippen molar-refractivity contribution >= 4 is 17.2 Å². The molecular formula is C24H29FN2O2S. The summed E-state index contributed by atoms with van der Waals surface area (Å²) >= 11 is 1.81. The van der Waals surface area contributed by atoms with Gasteiger partial charge in [-0.25, -0.2) is 4.39 Å². The van der Waals surface area contributed by atoms with E-state index in [4.69, 9.17) is 4.42 Å². The number of rotatable bonds is 10. The van der Waals surface area contributed by atoms with Crippen molar-refractivity contribution in [2.24, 2.45) is 5.92 Å². The van der Waals surface area contributed by atoms with Gasteiger partial charge >= 0.3 is 0 Å². The molecule has 30 heavy (non-hydrogen) atoms. The van der Waals surface area contributed by atoms with Gasteiger partial charge in [0.1, 0.15) is 11.6 Å². The number of hydrogen-bond acceptors (Lipinski definition) is 4. The van der Waals surface area contributed by atoms with Gasteiger partial charge in [-0.3, -0.25) is 9.69 Å². The third kappa shape index (κ3) is 6.54. The molecule has 0 saturated carbocycles. The van der Waals surface area contributed by atoms with Gasteiger partial charge in [0.25, 0.3) is 5.91 Å². The lowest BCUT2D eigenvalue weighted by atomic mass is 10.1. The van der Waals surface area contributed by atoms with E-state index in [9.17, 15) is 9.18 Å². The number of amides is 1. The molecule has 2 heterocycles. The van der Waals surface area contributed by atoms with E-state index in [0.717, 1.165) is 25.3 Å². The van der Waals surface area contributed by atoms with Gasteiger partial charge in [0.2, 0.25) is 0 Å². The molecule has 1 amide bonds. The first kappa shape index (κ1) is 22.2. The van der Waals surface area contributed by atoms with E-state index < -0.39 is 0 Å². The Labute approximate surface area is 181 Å². The molecule has 1 N–H and O–H groups in total. The second kappa shape index (κ2) is 10.5. The molecule has 2 aromatic heterocycles. The number of thiophene rings is 1. The highest BCUT2D eigenvalue weighted by Gasteiger charge is 2.15. The van der Waals surface area contributed by atoms with E-state index in [1.807, 2.05) is 17.4 Å². The predicted octanol–water partition coefficient (Wildman–Crippen LogP) is 5.77. The van der Waals surface area contributed by atoms with Crippen LogP contribution in [0.15, 0.2) is 52.9 Å². The summed E-state index contributed by atoms with van der Waals surface area (Å²) in [4.78, 5) is 17.4. The zero-order valence-electron chi connectivity index (χ0n) is 17.8. The minimum atomic E-state index is -0.341. The molecule has 0 aliphatic heterocycles. The van der Waals surface area contributed by atoms with Crippen LogP contribution in [0.4, 0.5) is 4.39 Å². The topological polar surface area (TPSA) is 45.5 Å². The lowest BCUT2D eigenvalue weighted by Crippen LogP contribution is -2.24. The van der Waals surface area contributed by atoms with Gasteiger partial charge in [0, 0.05) is 28.4 Å². The van der Waals surface area contributed by atoms with Crippen LogP contribution in [0.25, 0.3) is 0 Å². The monoisotopic (exact) mass is 428 g/mol. The SMILES string of the molecule is Cc1ccc(CN(CCC(C)C)Cc2ccc(C(=O)NCc3ccccc3F)o2)s1. The first-order valence-corrected chi connectivity index (χ1v) is 11.1. The quantitative estimate of drug-likeness (QED) is 0.446. The van der Waals surface area contributed by atoms with Gasteiger partial charge in [-0.1, -0.05) is 32.0 Å². The zero-order valence-corrected chi connectivity index (χ0v) is 18.6. The first-order chi connectivity index (χ1) is 14.4. The van der Waals surface area contributed by atoms with Gasteiger partial charge in [-0.2, -0.15) is 0 Å². The second-order valence-corrected chi connectivity index (χ2v) is 9.32. The van der Waals surface area contributed by atoms with Crippen LogP contribution in [0, 0.1) is 18.7 Å². The molecule has 0 fully saturated rings. The van der Waals surface area contributed by atoms with E-state index in [1.165, 1.54) is 15.8 Å². The largest absolute Gasteiger partial charge is 0.455 e. The number of nitrogens with zero attached hydrogens (tertiary/aromatic N) is 1. The van der Waals surface area contributed by atoms with Crippen molar-refractivity contribution in [3.8, 4) is 0 Å². The molecule has 0 unspecified atom stereocenters. The Hall–Kier alpha value is -2.44. The minimum absolute atomic E-state index is 0.125. The number of aryl methyl sites for hydroxylation is 1.